The van der Waals surface area contributed by atoms with Crippen LogP contribution in [0.4, 0.5) is 0 Å². The molecule has 0 aromatic heterocycles. The number of halogens is 1. The molecular formula is C10H20ClN3O2. The highest BCUT2D eigenvalue weighted by Crippen LogP contribution is 2.17. The summed E-state index contributed by atoms with van der Waals surface area (Å²) in [6.07, 6.45) is 1.65. The highest BCUT2D eigenvalue weighted by Gasteiger charge is 2.32. The van der Waals surface area contributed by atoms with Gasteiger partial charge in [0.25, 0.3) is 0 Å². The Kier molecular flexibility index (Phi) is 6.36. The maximum Gasteiger partial charge on any atom is 0.243 e. The van der Waals surface area contributed by atoms with Crippen molar-refractivity contribution in [1.29, 1.82) is 0 Å². The van der Waals surface area contributed by atoms with Crippen LogP contribution in [0.25, 0.3) is 0 Å². The number of nitrogens with one attached hydrogen (secondary N) is 1. The summed E-state index contributed by atoms with van der Waals surface area (Å²) in [4.78, 5) is 24.6. The summed E-state index contributed by atoms with van der Waals surface area (Å²) < 4.78 is 0. The molecule has 94 valence electrons. The third-order valence-corrected chi connectivity index (χ3v) is 2.70. The smallest absolute Gasteiger partial charge is 0.243 e. The number of hydrogen-bond donors (Lipinski definition) is 2. The second-order valence-electron chi connectivity index (χ2n) is 4.02. The van der Waals surface area contributed by atoms with Crippen LogP contribution >= 0.6 is 12.4 Å². The van der Waals surface area contributed by atoms with E-state index in [1.54, 1.807) is 4.90 Å². The Hall–Kier alpha value is -0.810. The molecular weight excluding hydrogens is 230 g/mol. The van der Waals surface area contributed by atoms with Crippen LogP contribution in [0.15, 0.2) is 0 Å². The zero-order valence-electron chi connectivity index (χ0n) is 9.73. The number of nitrogens with two attached hydrogens (primary N) is 1. The topological polar surface area (TPSA) is 75.4 Å². The fraction of sp³-hybridized carbons (Fsp3) is 0.800. The van der Waals surface area contributed by atoms with E-state index in [-0.39, 0.29) is 36.3 Å². The lowest BCUT2D eigenvalue weighted by atomic mass is 10.2. The predicted octanol–water partition coefficient (Wildman–Crippen LogP) is -0.117. The molecule has 3 N–H and O–H groups in total. The van der Waals surface area contributed by atoms with E-state index in [1.165, 1.54) is 6.92 Å². The molecule has 0 radical (unpaired) electrons. The first-order valence-electron chi connectivity index (χ1n) is 5.34. The summed E-state index contributed by atoms with van der Waals surface area (Å²) in [6.45, 7) is 4.45. The summed E-state index contributed by atoms with van der Waals surface area (Å²) in [7, 11) is 0. The predicted molar refractivity (Wildman–Crippen MR) is 64.3 cm³/mol. The Morgan fingerprint density at radius 1 is 1.56 bits per heavy atom. The van der Waals surface area contributed by atoms with Gasteiger partial charge in [-0.25, -0.2) is 0 Å². The number of rotatable bonds is 3. The van der Waals surface area contributed by atoms with Crippen molar-refractivity contribution in [3.05, 3.63) is 0 Å². The lowest BCUT2D eigenvalue weighted by Crippen LogP contribution is -2.49. The molecule has 0 aromatic carbocycles. The van der Waals surface area contributed by atoms with Crippen LogP contribution in [0, 0.1) is 0 Å². The van der Waals surface area contributed by atoms with E-state index in [0.717, 1.165) is 12.8 Å². The summed E-state index contributed by atoms with van der Waals surface area (Å²) in [5, 5.41) is 2.80. The quantitative estimate of drug-likeness (QED) is 0.733. The molecule has 1 aliphatic heterocycles. The van der Waals surface area contributed by atoms with Crippen molar-refractivity contribution in [3.63, 3.8) is 0 Å². The van der Waals surface area contributed by atoms with Crippen LogP contribution in [0.1, 0.15) is 26.7 Å². The first-order chi connectivity index (χ1) is 7.06. The van der Waals surface area contributed by atoms with Crippen molar-refractivity contribution in [2.75, 3.05) is 13.1 Å². The minimum atomic E-state index is -0.295. The van der Waals surface area contributed by atoms with Gasteiger partial charge in [-0.05, 0) is 19.8 Å². The third-order valence-electron chi connectivity index (χ3n) is 2.70. The Morgan fingerprint density at radius 3 is 2.69 bits per heavy atom. The van der Waals surface area contributed by atoms with Gasteiger partial charge in [0.1, 0.15) is 6.04 Å². The highest BCUT2D eigenvalue weighted by molar-refractivity contribution is 5.87. The van der Waals surface area contributed by atoms with Gasteiger partial charge in [-0.2, -0.15) is 0 Å². The van der Waals surface area contributed by atoms with Gasteiger partial charge in [-0.15, -0.1) is 12.4 Å². The van der Waals surface area contributed by atoms with Gasteiger partial charge in [0.2, 0.25) is 11.8 Å². The largest absolute Gasteiger partial charge is 0.351 e. The molecule has 16 heavy (non-hydrogen) atoms. The molecule has 1 saturated heterocycles. The molecule has 0 bridgehead atoms. The van der Waals surface area contributed by atoms with Gasteiger partial charge in [-0.1, -0.05) is 0 Å². The van der Waals surface area contributed by atoms with Gasteiger partial charge in [-0.3, -0.25) is 9.59 Å². The zero-order valence-corrected chi connectivity index (χ0v) is 10.5. The third kappa shape index (κ3) is 3.64. The molecule has 0 aromatic rings. The summed E-state index contributed by atoms with van der Waals surface area (Å²) >= 11 is 0. The number of likely N-dealkylation sites (tertiary alicyclic amines) is 1. The maximum atomic E-state index is 11.8. The summed E-state index contributed by atoms with van der Waals surface area (Å²) in [6, 6.07) is -0.330. The average molecular weight is 250 g/mol. The van der Waals surface area contributed by atoms with Gasteiger partial charge >= 0.3 is 0 Å². The van der Waals surface area contributed by atoms with Gasteiger partial charge in [0, 0.05) is 26.1 Å². The molecule has 1 heterocycles. The Morgan fingerprint density at radius 2 is 2.19 bits per heavy atom. The average Bonchev–Trinajstić information content (AvgIpc) is 2.65. The second-order valence-corrected chi connectivity index (χ2v) is 4.02. The van der Waals surface area contributed by atoms with Crippen molar-refractivity contribution in [1.82, 2.24) is 10.2 Å². The van der Waals surface area contributed by atoms with Crippen LogP contribution in [-0.4, -0.2) is 41.9 Å². The molecule has 1 fully saturated rings. The Balaban J connectivity index is 0.00000225. The molecule has 0 saturated carbocycles. The van der Waals surface area contributed by atoms with Crippen molar-refractivity contribution in [3.8, 4) is 0 Å². The first kappa shape index (κ1) is 15.2. The van der Waals surface area contributed by atoms with E-state index in [9.17, 15) is 9.59 Å². The molecule has 5 nitrogen and oxygen atoms in total. The molecule has 6 heteroatoms. The fourth-order valence-corrected chi connectivity index (χ4v) is 1.81. The number of carbonyl (C=O) groups excluding carboxylic acids is 2. The standard InChI is InChI=1S/C10H19N3O2.ClH/c1-7(6-11)12-10(15)9-4-3-5-13(9)8(2)14;/h7,9H,3-6,11H2,1-2H3,(H,12,15);1H/t7-,9?;/m0./s1. The van der Waals surface area contributed by atoms with Crippen LogP contribution in [0.2, 0.25) is 0 Å². The van der Waals surface area contributed by atoms with Crippen LogP contribution in [0.3, 0.4) is 0 Å². The SMILES string of the molecule is CC(=O)N1CCCC1C(=O)N[C@@H](C)CN.Cl. The van der Waals surface area contributed by atoms with E-state index >= 15 is 0 Å². The van der Waals surface area contributed by atoms with Gasteiger partial charge in [0.05, 0.1) is 0 Å². The molecule has 2 atom stereocenters. The van der Waals surface area contributed by atoms with Crippen molar-refractivity contribution < 1.29 is 9.59 Å². The molecule has 1 rings (SSSR count). The Labute approximate surface area is 102 Å². The number of amides is 2. The van der Waals surface area contributed by atoms with Crippen LogP contribution < -0.4 is 11.1 Å². The van der Waals surface area contributed by atoms with Crippen molar-refractivity contribution in [2.24, 2.45) is 5.73 Å². The minimum absolute atomic E-state index is 0. The van der Waals surface area contributed by atoms with E-state index in [1.807, 2.05) is 6.92 Å². The molecule has 0 aliphatic carbocycles. The number of carbonyl (C=O) groups is 2. The lowest BCUT2D eigenvalue weighted by molar-refractivity contribution is -0.137. The van der Waals surface area contributed by atoms with E-state index in [2.05, 4.69) is 5.32 Å². The number of nitrogens with zero attached hydrogens (tertiary/aromatic N) is 1. The van der Waals surface area contributed by atoms with E-state index in [4.69, 9.17) is 5.73 Å². The molecule has 1 aliphatic rings. The zero-order chi connectivity index (χ0) is 11.4. The highest BCUT2D eigenvalue weighted by atomic mass is 35.5. The van der Waals surface area contributed by atoms with Crippen LogP contribution in [0.5, 0.6) is 0 Å². The maximum absolute atomic E-state index is 11.8. The second kappa shape index (κ2) is 6.70. The van der Waals surface area contributed by atoms with E-state index < -0.39 is 0 Å². The van der Waals surface area contributed by atoms with Gasteiger partial charge < -0.3 is 16.0 Å². The van der Waals surface area contributed by atoms with Crippen molar-refractivity contribution >= 4 is 24.2 Å². The normalized spacial score (nSPS) is 21.2. The molecule has 1 unspecified atom stereocenters. The molecule has 0 spiro atoms. The van der Waals surface area contributed by atoms with Crippen LogP contribution in [-0.2, 0) is 9.59 Å². The minimum Gasteiger partial charge on any atom is -0.351 e. The first-order valence-corrected chi connectivity index (χ1v) is 5.34. The summed E-state index contributed by atoms with van der Waals surface area (Å²) in [5.41, 5.74) is 5.42. The molecule has 2 amide bonds. The van der Waals surface area contributed by atoms with E-state index in [0.29, 0.717) is 13.1 Å². The number of hydrogen-bond acceptors (Lipinski definition) is 3. The Bertz CT molecular complexity index is 260. The lowest BCUT2D eigenvalue weighted by Gasteiger charge is -2.23. The summed E-state index contributed by atoms with van der Waals surface area (Å²) in [5.74, 6) is -0.117. The monoisotopic (exact) mass is 249 g/mol. The van der Waals surface area contributed by atoms with Crippen molar-refractivity contribution in [2.45, 2.75) is 38.8 Å². The fourth-order valence-electron chi connectivity index (χ4n) is 1.81. The van der Waals surface area contributed by atoms with Gasteiger partial charge in [0.15, 0.2) is 0 Å².